The number of hydrogen-bond acceptors (Lipinski definition) is 7. The molecule has 34 heavy (non-hydrogen) atoms. The average molecular weight is 540 g/mol. The Balaban J connectivity index is 1.71. The zero-order chi connectivity index (χ0) is 24.7. The molecule has 0 aliphatic carbocycles. The van der Waals surface area contributed by atoms with Gasteiger partial charge in [-0.1, -0.05) is 17.7 Å². The van der Waals surface area contributed by atoms with Gasteiger partial charge in [-0.05, 0) is 60.0 Å². The van der Waals surface area contributed by atoms with Crippen molar-refractivity contribution in [2.45, 2.75) is 28.8 Å². The second-order valence-electron chi connectivity index (χ2n) is 7.41. The van der Waals surface area contributed by atoms with Gasteiger partial charge in [0.05, 0.1) is 21.9 Å². The minimum absolute atomic E-state index is 0.0651. The topological polar surface area (TPSA) is 135 Å². The van der Waals surface area contributed by atoms with Gasteiger partial charge in [-0.3, -0.25) is 9.59 Å². The third kappa shape index (κ3) is 4.78. The first-order chi connectivity index (χ1) is 16.0. The van der Waals surface area contributed by atoms with Crippen molar-refractivity contribution in [1.29, 1.82) is 0 Å². The van der Waals surface area contributed by atoms with Gasteiger partial charge in [0, 0.05) is 16.4 Å². The van der Waals surface area contributed by atoms with Gasteiger partial charge in [-0.2, -0.15) is 4.31 Å². The number of nitrogens with zero attached hydrogens (tertiary/aromatic N) is 2. The highest BCUT2D eigenvalue weighted by Crippen LogP contribution is 2.32. The summed E-state index contributed by atoms with van der Waals surface area (Å²) in [6.07, 6.45) is -0.367. The Labute approximate surface area is 205 Å². The predicted molar refractivity (Wildman–Crippen MR) is 127 cm³/mol. The van der Waals surface area contributed by atoms with E-state index in [1.54, 1.807) is 17.5 Å². The Morgan fingerprint density at radius 2 is 1.59 bits per heavy atom. The predicted octanol–water partition coefficient (Wildman–Crippen LogP) is 2.57. The zero-order valence-electron chi connectivity index (χ0n) is 17.4. The first-order valence-electron chi connectivity index (χ1n) is 9.78. The standard InChI is InChI=1S/C21H18ClN3O6S3/c22-14-3-7-18(8-4-14)34(30,31)24(13-16-2-1-11-32-16)19-12-20(26)25(21(19)27)15-5-9-17(10-6-15)33(23,28)29/h1-11,19H,12-13H2,(H2,23,28,29). The monoisotopic (exact) mass is 539 g/mol. The molecule has 2 aromatic carbocycles. The first-order valence-corrected chi connectivity index (χ1v) is 14.0. The van der Waals surface area contributed by atoms with Crippen LogP contribution in [-0.2, 0) is 36.2 Å². The van der Waals surface area contributed by atoms with E-state index in [1.807, 2.05) is 0 Å². The van der Waals surface area contributed by atoms with Crippen LogP contribution in [0, 0.1) is 0 Å². The largest absolute Gasteiger partial charge is 0.274 e. The van der Waals surface area contributed by atoms with E-state index in [0.29, 0.717) is 9.90 Å². The van der Waals surface area contributed by atoms with Crippen LogP contribution in [-0.4, -0.2) is 39.0 Å². The number of rotatable bonds is 7. The number of nitrogens with two attached hydrogens (primary N) is 1. The number of thiophene rings is 1. The fourth-order valence-corrected chi connectivity index (χ4v) is 6.54. The van der Waals surface area contributed by atoms with Gasteiger partial charge in [-0.15, -0.1) is 11.3 Å². The number of sulfonamides is 2. The lowest BCUT2D eigenvalue weighted by molar-refractivity contribution is -0.122. The number of amides is 2. The number of carbonyl (C=O) groups excluding carboxylic acids is 2. The highest BCUT2D eigenvalue weighted by Gasteiger charge is 2.47. The molecular formula is C21H18ClN3O6S3. The van der Waals surface area contributed by atoms with Crippen LogP contribution in [0.3, 0.4) is 0 Å². The summed E-state index contributed by atoms with van der Waals surface area (Å²) >= 11 is 7.22. The van der Waals surface area contributed by atoms with Crippen molar-refractivity contribution in [3.8, 4) is 0 Å². The number of hydrogen-bond donors (Lipinski definition) is 1. The van der Waals surface area contributed by atoms with Crippen molar-refractivity contribution in [3.05, 3.63) is 75.9 Å². The number of anilines is 1. The Kier molecular flexibility index (Phi) is 6.64. The maximum Gasteiger partial charge on any atom is 0.252 e. The molecule has 1 aromatic heterocycles. The van der Waals surface area contributed by atoms with Crippen LogP contribution in [0.2, 0.25) is 5.02 Å². The van der Waals surface area contributed by atoms with E-state index in [1.165, 1.54) is 59.9 Å². The van der Waals surface area contributed by atoms with Crippen molar-refractivity contribution in [2.75, 3.05) is 4.90 Å². The Morgan fingerprint density at radius 3 is 2.15 bits per heavy atom. The molecule has 1 fully saturated rings. The third-order valence-corrected chi connectivity index (χ3v) is 9.12. The highest BCUT2D eigenvalue weighted by molar-refractivity contribution is 7.89. The van der Waals surface area contributed by atoms with Gasteiger partial charge in [0.2, 0.25) is 26.0 Å². The molecular weight excluding hydrogens is 522 g/mol. The van der Waals surface area contributed by atoms with E-state index in [-0.39, 0.29) is 28.4 Å². The van der Waals surface area contributed by atoms with E-state index >= 15 is 0 Å². The van der Waals surface area contributed by atoms with E-state index in [0.717, 1.165) is 9.21 Å². The van der Waals surface area contributed by atoms with Crippen molar-refractivity contribution in [3.63, 3.8) is 0 Å². The molecule has 1 aliphatic rings. The number of imide groups is 1. The normalized spacial score (nSPS) is 17.0. The van der Waals surface area contributed by atoms with Gasteiger partial charge >= 0.3 is 0 Å². The Bertz CT molecular complexity index is 1440. The fraction of sp³-hybridized carbons (Fsp3) is 0.143. The van der Waals surface area contributed by atoms with Crippen LogP contribution in [0.5, 0.6) is 0 Å². The molecule has 0 spiro atoms. The molecule has 1 saturated heterocycles. The van der Waals surface area contributed by atoms with Gasteiger partial charge < -0.3 is 0 Å². The minimum Gasteiger partial charge on any atom is -0.274 e. The Hall–Kier alpha value is -2.61. The number of halogens is 1. The van der Waals surface area contributed by atoms with Gasteiger partial charge in [0.1, 0.15) is 6.04 Å². The van der Waals surface area contributed by atoms with E-state index in [2.05, 4.69) is 0 Å². The molecule has 0 radical (unpaired) electrons. The molecule has 2 heterocycles. The first kappa shape index (κ1) is 24.5. The molecule has 0 bridgehead atoms. The SMILES string of the molecule is NS(=O)(=O)c1ccc(N2C(=O)CC(N(Cc3cccs3)S(=O)(=O)c3ccc(Cl)cc3)C2=O)cc1. The summed E-state index contributed by atoms with van der Waals surface area (Å²) in [5, 5.41) is 7.23. The van der Waals surface area contributed by atoms with Crippen molar-refractivity contribution in [1.82, 2.24) is 4.31 Å². The summed E-state index contributed by atoms with van der Waals surface area (Å²) in [4.78, 5) is 27.5. The van der Waals surface area contributed by atoms with Gasteiger partial charge in [-0.25, -0.2) is 26.9 Å². The summed E-state index contributed by atoms with van der Waals surface area (Å²) < 4.78 is 51.1. The quantitative estimate of drug-likeness (QED) is 0.458. The molecule has 13 heteroatoms. The smallest absolute Gasteiger partial charge is 0.252 e. The summed E-state index contributed by atoms with van der Waals surface area (Å²) in [5.74, 6) is -1.34. The maximum atomic E-state index is 13.5. The van der Waals surface area contributed by atoms with Crippen LogP contribution in [0.15, 0.2) is 75.8 Å². The number of carbonyl (C=O) groups is 2. The molecule has 3 aromatic rings. The number of primary sulfonamides is 1. The van der Waals surface area contributed by atoms with Crippen LogP contribution < -0.4 is 10.0 Å². The molecule has 1 aliphatic heterocycles. The summed E-state index contributed by atoms with van der Waals surface area (Å²) in [7, 11) is -8.14. The van der Waals surface area contributed by atoms with Crippen molar-refractivity contribution in [2.24, 2.45) is 5.14 Å². The molecule has 9 nitrogen and oxygen atoms in total. The van der Waals surface area contributed by atoms with Gasteiger partial charge in [0.25, 0.3) is 5.91 Å². The number of benzene rings is 2. The van der Waals surface area contributed by atoms with Crippen molar-refractivity contribution >= 4 is 60.5 Å². The van der Waals surface area contributed by atoms with Gasteiger partial charge in [0.15, 0.2) is 0 Å². The lowest BCUT2D eigenvalue weighted by Gasteiger charge is -2.26. The molecule has 4 rings (SSSR count). The maximum absolute atomic E-state index is 13.5. The Morgan fingerprint density at radius 1 is 0.971 bits per heavy atom. The van der Waals surface area contributed by atoms with Crippen LogP contribution >= 0.6 is 22.9 Å². The van der Waals surface area contributed by atoms with Crippen LogP contribution in [0.4, 0.5) is 5.69 Å². The average Bonchev–Trinajstić information content (AvgIpc) is 3.39. The summed E-state index contributed by atoms with van der Waals surface area (Å²) in [5.41, 5.74) is 0.116. The van der Waals surface area contributed by atoms with E-state index < -0.39 is 37.9 Å². The zero-order valence-corrected chi connectivity index (χ0v) is 20.6. The third-order valence-electron chi connectivity index (χ3n) is 5.21. The van der Waals surface area contributed by atoms with E-state index in [9.17, 15) is 26.4 Å². The minimum atomic E-state index is -4.18. The second kappa shape index (κ2) is 9.21. The molecule has 0 saturated carbocycles. The molecule has 2 N–H and O–H groups in total. The molecule has 1 atom stereocenters. The molecule has 178 valence electrons. The lowest BCUT2D eigenvalue weighted by atomic mass is 10.2. The van der Waals surface area contributed by atoms with Crippen LogP contribution in [0.1, 0.15) is 11.3 Å². The summed E-state index contributed by atoms with van der Waals surface area (Å²) in [6, 6.07) is 12.6. The molecule has 1 unspecified atom stereocenters. The van der Waals surface area contributed by atoms with Crippen molar-refractivity contribution < 1.29 is 26.4 Å². The highest BCUT2D eigenvalue weighted by atomic mass is 35.5. The molecule has 2 amide bonds. The van der Waals surface area contributed by atoms with Crippen LogP contribution in [0.25, 0.3) is 0 Å². The second-order valence-corrected chi connectivity index (χ2v) is 12.3. The fourth-order valence-electron chi connectivity index (χ4n) is 3.56. The van der Waals surface area contributed by atoms with E-state index in [4.69, 9.17) is 16.7 Å². The summed E-state index contributed by atoms with van der Waals surface area (Å²) in [6.45, 7) is -0.107. The lowest BCUT2D eigenvalue weighted by Crippen LogP contribution is -2.44.